The van der Waals surface area contributed by atoms with Gasteiger partial charge in [-0.05, 0) is 43.2 Å². The Labute approximate surface area is 148 Å². The number of hydrogen-bond donors (Lipinski definition) is 2. The average Bonchev–Trinajstić information content (AvgIpc) is 2.59. The molecule has 25 heavy (non-hydrogen) atoms. The molecule has 1 aliphatic rings. The highest BCUT2D eigenvalue weighted by Crippen LogP contribution is 2.38. The molecular weight excluding hydrogens is 316 g/mol. The van der Waals surface area contributed by atoms with Crippen LogP contribution in [0.3, 0.4) is 0 Å². The highest BCUT2D eigenvalue weighted by atomic mass is 16.5. The van der Waals surface area contributed by atoms with Crippen molar-refractivity contribution >= 4 is 11.6 Å². The summed E-state index contributed by atoms with van der Waals surface area (Å²) in [4.78, 5) is 14.8. The monoisotopic (exact) mass is 340 g/mol. The van der Waals surface area contributed by atoms with E-state index in [9.17, 15) is 9.90 Å². The first-order valence-corrected chi connectivity index (χ1v) is 8.63. The van der Waals surface area contributed by atoms with Crippen LogP contribution in [0, 0.1) is 5.92 Å². The van der Waals surface area contributed by atoms with E-state index >= 15 is 0 Å². The number of para-hydroxylation sites is 1. The number of anilines is 1. The van der Waals surface area contributed by atoms with E-state index < -0.39 is 6.17 Å². The minimum Gasteiger partial charge on any atom is -0.508 e. The van der Waals surface area contributed by atoms with Gasteiger partial charge in [-0.25, -0.2) is 0 Å². The Bertz CT molecular complexity index is 773. The number of benzene rings is 2. The van der Waals surface area contributed by atoms with Crippen molar-refractivity contribution < 1.29 is 14.6 Å². The van der Waals surface area contributed by atoms with E-state index in [1.807, 2.05) is 31.2 Å². The average molecular weight is 340 g/mol. The minimum absolute atomic E-state index is 0.0331. The third kappa shape index (κ3) is 3.40. The normalized spacial score (nSPS) is 16.6. The van der Waals surface area contributed by atoms with Crippen LogP contribution in [0.2, 0.25) is 0 Å². The van der Waals surface area contributed by atoms with E-state index in [1.54, 1.807) is 23.1 Å². The molecule has 5 nitrogen and oxygen atoms in total. The molecule has 0 fully saturated rings. The van der Waals surface area contributed by atoms with Crippen molar-refractivity contribution in [3.05, 3.63) is 53.6 Å². The molecule has 0 saturated carbocycles. The molecule has 2 N–H and O–H groups in total. The molecule has 0 radical (unpaired) electrons. The first-order valence-electron chi connectivity index (χ1n) is 8.63. The lowest BCUT2D eigenvalue weighted by atomic mass is 10.0. The van der Waals surface area contributed by atoms with Crippen LogP contribution in [-0.4, -0.2) is 29.1 Å². The lowest BCUT2D eigenvalue weighted by Crippen LogP contribution is -2.44. The summed E-state index contributed by atoms with van der Waals surface area (Å²) in [7, 11) is 0. The zero-order chi connectivity index (χ0) is 18.0. The molecular formula is C20H24N2O3. The highest BCUT2D eigenvalue weighted by Gasteiger charge is 2.34. The number of hydrogen-bond acceptors (Lipinski definition) is 4. The van der Waals surface area contributed by atoms with Gasteiger partial charge in [0.15, 0.2) is 0 Å². The molecule has 0 aromatic heterocycles. The Morgan fingerprint density at radius 1 is 1.24 bits per heavy atom. The van der Waals surface area contributed by atoms with Crippen LogP contribution in [-0.2, 0) is 0 Å². The molecule has 3 rings (SSSR count). The number of phenols is 1. The number of amides is 1. The standard InChI is InChI=1S/C20H24N2O3/c1-4-25-14-9-10-18(23)16(11-14)19-21-17-8-6-5-7-15(17)20(24)22(19)12-13(2)3/h5-11,13,19,21,23H,4,12H2,1-3H3. The Hall–Kier alpha value is -2.69. The number of carbonyl (C=O) groups excluding carboxylic acids is 1. The molecule has 0 saturated heterocycles. The molecule has 1 amide bonds. The van der Waals surface area contributed by atoms with Gasteiger partial charge in [0.2, 0.25) is 0 Å². The first kappa shape index (κ1) is 17.1. The van der Waals surface area contributed by atoms with E-state index in [1.165, 1.54) is 0 Å². The van der Waals surface area contributed by atoms with Gasteiger partial charge in [-0.2, -0.15) is 0 Å². The lowest BCUT2D eigenvalue weighted by molar-refractivity contribution is 0.0655. The van der Waals surface area contributed by atoms with Crippen LogP contribution in [0.4, 0.5) is 5.69 Å². The van der Waals surface area contributed by atoms with Crippen molar-refractivity contribution in [1.29, 1.82) is 0 Å². The fourth-order valence-corrected chi connectivity index (χ4v) is 3.13. The summed E-state index contributed by atoms with van der Waals surface area (Å²) in [5, 5.41) is 13.8. The van der Waals surface area contributed by atoms with Gasteiger partial charge in [-0.3, -0.25) is 4.79 Å². The number of carbonyl (C=O) groups is 1. The van der Waals surface area contributed by atoms with Gasteiger partial charge in [0.25, 0.3) is 5.91 Å². The van der Waals surface area contributed by atoms with E-state index in [0.717, 1.165) is 5.69 Å². The Kier molecular flexibility index (Phi) is 4.83. The summed E-state index contributed by atoms with van der Waals surface area (Å²) in [6.07, 6.45) is -0.440. The van der Waals surface area contributed by atoms with E-state index in [2.05, 4.69) is 19.2 Å². The Balaban J connectivity index is 2.06. The molecule has 5 heteroatoms. The molecule has 1 unspecified atom stereocenters. The van der Waals surface area contributed by atoms with E-state index in [0.29, 0.717) is 35.9 Å². The van der Waals surface area contributed by atoms with Crippen molar-refractivity contribution in [1.82, 2.24) is 4.90 Å². The van der Waals surface area contributed by atoms with E-state index in [-0.39, 0.29) is 11.7 Å². The topological polar surface area (TPSA) is 61.8 Å². The second-order valence-electron chi connectivity index (χ2n) is 6.60. The third-order valence-electron chi connectivity index (χ3n) is 4.19. The second-order valence-corrected chi connectivity index (χ2v) is 6.60. The summed E-state index contributed by atoms with van der Waals surface area (Å²) in [5.74, 6) is 1.08. The molecule has 0 bridgehead atoms. The zero-order valence-corrected chi connectivity index (χ0v) is 14.8. The zero-order valence-electron chi connectivity index (χ0n) is 14.8. The van der Waals surface area contributed by atoms with Gasteiger partial charge >= 0.3 is 0 Å². The number of ether oxygens (including phenoxy) is 1. The predicted molar refractivity (Wildman–Crippen MR) is 98.0 cm³/mol. The Morgan fingerprint density at radius 3 is 2.72 bits per heavy atom. The number of rotatable bonds is 5. The highest BCUT2D eigenvalue weighted by molar-refractivity contribution is 6.01. The number of nitrogens with one attached hydrogen (secondary N) is 1. The maximum absolute atomic E-state index is 13.0. The second kappa shape index (κ2) is 7.05. The van der Waals surface area contributed by atoms with Gasteiger partial charge in [0, 0.05) is 17.8 Å². The molecule has 0 aliphatic carbocycles. The number of fused-ring (bicyclic) bond motifs is 1. The molecule has 1 aliphatic heterocycles. The number of phenolic OH excluding ortho intramolecular Hbond substituents is 1. The van der Waals surface area contributed by atoms with Crippen molar-refractivity contribution in [3.8, 4) is 11.5 Å². The summed E-state index contributed by atoms with van der Waals surface area (Å²) in [6.45, 7) is 7.18. The van der Waals surface area contributed by atoms with Crippen LogP contribution < -0.4 is 10.1 Å². The number of nitrogens with zero attached hydrogens (tertiary/aromatic N) is 1. The molecule has 132 valence electrons. The molecule has 2 aromatic rings. The SMILES string of the molecule is CCOc1ccc(O)c(C2Nc3ccccc3C(=O)N2CC(C)C)c1. The summed E-state index contributed by atoms with van der Waals surface area (Å²) in [5.41, 5.74) is 2.06. The predicted octanol–water partition coefficient (Wildman–Crippen LogP) is 4.01. The quantitative estimate of drug-likeness (QED) is 0.863. The molecule has 2 aromatic carbocycles. The maximum atomic E-state index is 13.0. The largest absolute Gasteiger partial charge is 0.508 e. The molecule has 0 spiro atoms. The van der Waals surface area contributed by atoms with Gasteiger partial charge in [0.05, 0.1) is 12.2 Å². The fourth-order valence-electron chi connectivity index (χ4n) is 3.13. The van der Waals surface area contributed by atoms with Gasteiger partial charge in [-0.15, -0.1) is 0 Å². The van der Waals surface area contributed by atoms with Crippen LogP contribution in [0.5, 0.6) is 11.5 Å². The summed E-state index contributed by atoms with van der Waals surface area (Å²) < 4.78 is 5.56. The molecule has 1 heterocycles. The molecule has 1 atom stereocenters. The van der Waals surface area contributed by atoms with Crippen LogP contribution in [0.25, 0.3) is 0 Å². The van der Waals surface area contributed by atoms with E-state index in [4.69, 9.17) is 4.74 Å². The third-order valence-corrected chi connectivity index (χ3v) is 4.19. The summed E-state index contributed by atoms with van der Waals surface area (Å²) in [6, 6.07) is 12.6. The lowest BCUT2D eigenvalue weighted by Gasteiger charge is -2.39. The van der Waals surface area contributed by atoms with Crippen molar-refractivity contribution in [2.24, 2.45) is 5.92 Å². The maximum Gasteiger partial charge on any atom is 0.257 e. The Morgan fingerprint density at radius 2 is 2.00 bits per heavy atom. The van der Waals surface area contributed by atoms with Crippen molar-refractivity contribution in [2.45, 2.75) is 26.9 Å². The first-order chi connectivity index (χ1) is 12.0. The fraction of sp³-hybridized carbons (Fsp3) is 0.350. The van der Waals surface area contributed by atoms with Crippen molar-refractivity contribution in [2.75, 3.05) is 18.5 Å². The summed E-state index contributed by atoms with van der Waals surface area (Å²) >= 11 is 0. The number of aromatic hydroxyl groups is 1. The minimum atomic E-state index is -0.440. The van der Waals surface area contributed by atoms with Crippen LogP contribution >= 0.6 is 0 Å². The van der Waals surface area contributed by atoms with Crippen LogP contribution in [0.1, 0.15) is 42.9 Å². The smallest absolute Gasteiger partial charge is 0.257 e. The van der Waals surface area contributed by atoms with Gasteiger partial charge in [0.1, 0.15) is 17.7 Å². The van der Waals surface area contributed by atoms with Gasteiger partial charge < -0.3 is 20.1 Å². The van der Waals surface area contributed by atoms with Gasteiger partial charge in [-0.1, -0.05) is 26.0 Å². The van der Waals surface area contributed by atoms with Crippen molar-refractivity contribution in [3.63, 3.8) is 0 Å². The van der Waals surface area contributed by atoms with Crippen LogP contribution in [0.15, 0.2) is 42.5 Å².